The van der Waals surface area contributed by atoms with Crippen molar-refractivity contribution in [3.63, 3.8) is 0 Å². The average Bonchev–Trinajstić information content (AvgIpc) is 2.77. The van der Waals surface area contributed by atoms with Crippen molar-refractivity contribution in [1.82, 2.24) is 9.97 Å². The van der Waals surface area contributed by atoms with E-state index in [4.69, 9.17) is 9.47 Å². The maximum atomic E-state index is 11.4. The minimum Gasteiger partial charge on any atom is -0.493 e. The molecule has 1 aromatic heterocycles. The molecule has 3 rings (SSSR count). The molecule has 0 spiro atoms. The van der Waals surface area contributed by atoms with E-state index in [1.165, 1.54) is 17.8 Å². The molecule has 30 heavy (non-hydrogen) atoms. The molecule has 0 saturated carbocycles. The summed E-state index contributed by atoms with van der Waals surface area (Å²) in [5.41, 5.74) is 2.45. The number of aromatic nitrogens is 2. The SMILES string of the molecule is C=CC(=O)Nc1ccc(Sc2nc(Nc3ccc(OC)c(OC)c3)ncc2C)cc1. The van der Waals surface area contributed by atoms with Crippen molar-refractivity contribution >= 4 is 35.0 Å². The first-order valence-electron chi connectivity index (χ1n) is 9.06. The molecule has 0 aliphatic rings. The van der Waals surface area contributed by atoms with Gasteiger partial charge in [-0.05, 0) is 49.4 Å². The van der Waals surface area contributed by atoms with Gasteiger partial charge in [0.2, 0.25) is 11.9 Å². The number of aryl methyl sites for hydroxylation is 1. The lowest BCUT2D eigenvalue weighted by Crippen LogP contribution is -2.06. The Morgan fingerprint density at radius 3 is 2.43 bits per heavy atom. The monoisotopic (exact) mass is 422 g/mol. The normalized spacial score (nSPS) is 10.2. The fourth-order valence-electron chi connectivity index (χ4n) is 2.54. The van der Waals surface area contributed by atoms with Crippen LogP contribution in [0.25, 0.3) is 0 Å². The second-order valence-corrected chi connectivity index (χ2v) is 7.26. The van der Waals surface area contributed by atoms with Gasteiger partial charge in [-0.3, -0.25) is 4.79 Å². The molecular formula is C22H22N4O3S. The summed E-state index contributed by atoms with van der Waals surface area (Å²) < 4.78 is 10.6. The van der Waals surface area contributed by atoms with Gasteiger partial charge in [-0.2, -0.15) is 0 Å². The number of anilines is 3. The summed E-state index contributed by atoms with van der Waals surface area (Å²) in [5.74, 6) is 1.50. The lowest BCUT2D eigenvalue weighted by atomic mass is 10.3. The van der Waals surface area contributed by atoms with Crippen LogP contribution < -0.4 is 20.1 Å². The van der Waals surface area contributed by atoms with Gasteiger partial charge in [0.1, 0.15) is 5.03 Å². The Kier molecular flexibility index (Phi) is 6.92. The van der Waals surface area contributed by atoms with Crippen molar-refractivity contribution in [2.24, 2.45) is 0 Å². The third kappa shape index (κ3) is 5.30. The topological polar surface area (TPSA) is 85.4 Å². The number of nitrogens with zero attached hydrogens (tertiary/aromatic N) is 2. The van der Waals surface area contributed by atoms with Crippen LogP contribution in [0, 0.1) is 6.92 Å². The molecule has 0 aliphatic heterocycles. The Balaban J connectivity index is 1.75. The maximum Gasteiger partial charge on any atom is 0.247 e. The van der Waals surface area contributed by atoms with Crippen LogP contribution >= 0.6 is 11.8 Å². The third-order valence-corrected chi connectivity index (χ3v) is 5.20. The third-order valence-electron chi connectivity index (χ3n) is 4.09. The molecule has 0 atom stereocenters. The average molecular weight is 423 g/mol. The zero-order valence-electron chi connectivity index (χ0n) is 16.9. The van der Waals surface area contributed by atoms with Gasteiger partial charge in [-0.25, -0.2) is 9.97 Å². The molecule has 0 aliphatic carbocycles. The van der Waals surface area contributed by atoms with Crippen LogP contribution in [-0.4, -0.2) is 30.1 Å². The second-order valence-electron chi connectivity index (χ2n) is 6.20. The summed E-state index contributed by atoms with van der Waals surface area (Å²) in [6.45, 7) is 5.41. The Bertz CT molecular complexity index is 1050. The van der Waals surface area contributed by atoms with Gasteiger partial charge in [0.05, 0.1) is 14.2 Å². The molecule has 0 unspecified atom stereocenters. The Morgan fingerprint density at radius 1 is 1.07 bits per heavy atom. The highest BCUT2D eigenvalue weighted by Crippen LogP contribution is 2.32. The molecule has 1 amide bonds. The van der Waals surface area contributed by atoms with Crippen molar-refractivity contribution < 1.29 is 14.3 Å². The van der Waals surface area contributed by atoms with Crippen LogP contribution in [0.5, 0.6) is 11.5 Å². The highest BCUT2D eigenvalue weighted by atomic mass is 32.2. The molecule has 3 aromatic rings. The van der Waals surface area contributed by atoms with Crippen molar-refractivity contribution in [3.8, 4) is 11.5 Å². The predicted octanol–water partition coefficient (Wildman–Crippen LogP) is 4.82. The van der Waals surface area contributed by atoms with Crippen molar-refractivity contribution in [3.05, 3.63) is 66.9 Å². The van der Waals surface area contributed by atoms with Gasteiger partial charge in [0.25, 0.3) is 0 Å². The zero-order chi connectivity index (χ0) is 21.5. The number of methoxy groups -OCH3 is 2. The van der Waals surface area contributed by atoms with Crippen LogP contribution in [0.15, 0.2) is 71.2 Å². The van der Waals surface area contributed by atoms with E-state index in [1.54, 1.807) is 20.4 Å². The minimum atomic E-state index is -0.243. The summed E-state index contributed by atoms with van der Waals surface area (Å²) in [6.07, 6.45) is 3.01. The summed E-state index contributed by atoms with van der Waals surface area (Å²) in [7, 11) is 3.18. The smallest absolute Gasteiger partial charge is 0.247 e. The number of hydrogen-bond donors (Lipinski definition) is 2. The maximum absolute atomic E-state index is 11.4. The van der Waals surface area contributed by atoms with Gasteiger partial charge >= 0.3 is 0 Å². The molecule has 7 nitrogen and oxygen atoms in total. The summed E-state index contributed by atoms with van der Waals surface area (Å²) in [6, 6.07) is 13.0. The van der Waals surface area contributed by atoms with Crippen LogP contribution in [0.3, 0.4) is 0 Å². The van der Waals surface area contributed by atoms with Crippen LogP contribution in [0.1, 0.15) is 5.56 Å². The molecule has 0 fully saturated rings. The van der Waals surface area contributed by atoms with E-state index in [0.29, 0.717) is 23.1 Å². The predicted molar refractivity (Wildman–Crippen MR) is 119 cm³/mol. The number of hydrogen-bond acceptors (Lipinski definition) is 7. The molecule has 8 heteroatoms. The molecule has 2 aromatic carbocycles. The highest BCUT2D eigenvalue weighted by molar-refractivity contribution is 7.99. The van der Waals surface area contributed by atoms with Gasteiger partial charge in [0.15, 0.2) is 11.5 Å². The van der Waals surface area contributed by atoms with E-state index in [9.17, 15) is 4.79 Å². The molecule has 154 valence electrons. The number of carbonyl (C=O) groups excluding carboxylic acids is 1. The quantitative estimate of drug-likeness (QED) is 0.397. The molecule has 2 N–H and O–H groups in total. The molecule has 0 radical (unpaired) electrons. The first-order chi connectivity index (χ1) is 14.5. The highest BCUT2D eigenvalue weighted by Gasteiger charge is 2.09. The van der Waals surface area contributed by atoms with Gasteiger partial charge < -0.3 is 20.1 Å². The summed E-state index contributed by atoms with van der Waals surface area (Å²) in [5, 5.41) is 6.75. The van der Waals surface area contributed by atoms with E-state index in [1.807, 2.05) is 49.4 Å². The minimum absolute atomic E-state index is 0.243. The lowest BCUT2D eigenvalue weighted by molar-refractivity contribution is -0.111. The molecule has 0 saturated heterocycles. The van der Waals surface area contributed by atoms with Gasteiger partial charge in [-0.15, -0.1) is 0 Å². The van der Waals surface area contributed by atoms with Crippen LogP contribution in [-0.2, 0) is 4.79 Å². The van der Waals surface area contributed by atoms with E-state index < -0.39 is 0 Å². The summed E-state index contributed by atoms with van der Waals surface area (Å²) >= 11 is 1.52. The lowest BCUT2D eigenvalue weighted by Gasteiger charge is -2.12. The van der Waals surface area contributed by atoms with Crippen molar-refractivity contribution in [2.75, 3.05) is 24.9 Å². The Hall–Kier alpha value is -3.52. The van der Waals surface area contributed by atoms with E-state index in [-0.39, 0.29) is 5.91 Å². The zero-order valence-corrected chi connectivity index (χ0v) is 17.7. The fraction of sp³-hybridized carbons (Fsp3) is 0.136. The van der Waals surface area contributed by atoms with Crippen molar-refractivity contribution in [2.45, 2.75) is 16.8 Å². The van der Waals surface area contributed by atoms with Crippen molar-refractivity contribution in [1.29, 1.82) is 0 Å². The number of benzene rings is 2. The second kappa shape index (κ2) is 9.80. The number of rotatable bonds is 8. The molecule has 0 bridgehead atoms. The first-order valence-corrected chi connectivity index (χ1v) is 9.88. The van der Waals surface area contributed by atoms with Crippen LogP contribution in [0.2, 0.25) is 0 Å². The van der Waals surface area contributed by atoms with Gasteiger partial charge in [-0.1, -0.05) is 18.3 Å². The Labute approximate surface area is 179 Å². The van der Waals surface area contributed by atoms with E-state index >= 15 is 0 Å². The van der Waals surface area contributed by atoms with Crippen LogP contribution in [0.4, 0.5) is 17.3 Å². The molecular weight excluding hydrogens is 400 g/mol. The first kappa shape index (κ1) is 21.2. The van der Waals surface area contributed by atoms with E-state index in [2.05, 4.69) is 27.2 Å². The van der Waals surface area contributed by atoms with Gasteiger partial charge in [0, 0.05) is 34.1 Å². The number of ether oxygens (including phenoxy) is 2. The summed E-state index contributed by atoms with van der Waals surface area (Å²) in [4.78, 5) is 21.4. The largest absolute Gasteiger partial charge is 0.493 e. The molecule has 1 heterocycles. The number of carbonyl (C=O) groups is 1. The van der Waals surface area contributed by atoms with E-state index in [0.717, 1.165) is 21.2 Å². The number of amides is 1. The Morgan fingerprint density at radius 2 is 1.77 bits per heavy atom. The fourth-order valence-corrected chi connectivity index (χ4v) is 3.39. The number of nitrogens with one attached hydrogen (secondary N) is 2. The standard InChI is InChI=1S/C22H22N4O3S/c1-5-20(27)24-15-6-9-17(10-7-15)30-21-14(2)13-23-22(26-21)25-16-8-11-18(28-3)19(12-16)29-4/h5-13H,1H2,2-4H3,(H,24,27)(H,23,25,26).